The monoisotopic (exact) mass is 155 g/mol. The summed E-state index contributed by atoms with van der Waals surface area (Å²) in [6.45, 7) is 0. The summed E-state index contributed by atoms with van der Waals surface area (Å²) in [5, 5.41) is 7.24. The Morgan fingerprint density at radius 3 is 2.90 bits per heavy atom. The molecule has 1 heterocycles. The van der Waals surface area contributed by atoms with Gasteiger partial charge >= 0.3 is 0 Å². The van der Waals surface area contributed by atoms with Crippen molar-refractivity contribution in [2.24, 2.45) is 0 Å². The minimum absolute atomic E-state index is 0.354. The summed E-state index contributed by atoms with van der Waals surface area (Å²) < 4.78 is 0. The van der Waals surface area contributed by atoms with Gasteiger partial charge < -0.3 is 11.1 Å². The van der Waals surface area contributed by atoms with Crippen molar-refractivity contribution < 1.29 is 0 Å². The van der Waals surface area contributed by atoms with Gasteiger partial charge in [0.1, 0.15) is 5.15 Å². The molecule has 0 aromatic carbocycles. The van der Waals surface area contributed by atoms with E-state index in [1.54, 1.807) is 6.07 Å². The van der Waals surface area contributed by atoms with Crippen molar-refractivity contribution >= 4 is 23.5 Å². The van der Waals surface area contributed by atoms with Gasteiger partial charge in [-0.05, 0) is 6.07 Å². The molecule has 1 aromatic heterocycles. The number of aromatic nitrogens is 1. The zero-order chi connectivity index (χ0) is 7.56. The zero-order valence-electron chi connectivity index (χ0n) is 5.13. The van der Waals surface area contributed by atoms with Crippen LogP contribution < -0.4 is 5.73 Å². The van der Waals surface area contributed by atoms with E-state index in [1.807, 2.05) is 0 Å². The molecule has 0 amide bonds. The van der Waals surface area contributed by atoms with Gasteiger partial charge in [0.25, 0.3) is 0 Å². The summed E-state index contributed by atoms with van der Waals surface area (Å²) in [7, 11) is 0. The number of halogens is 1. The molecule has 52 valence electrons. The maximum atomic E-state index is 6.89. The lowest BCUT2D eigenvalue weighted by Gasteiger charge is -1.96. The largest absolute Gasteiger partial charge is 0.397 e. The second-order valence-corrected chi connectivity index (χ2v) is 2.17. The summed E-state index contributed by atoms with van der Waals surface area (Å²) in [4.78, 5) is 3.72. The number of nitrogens with zero attached hydrogens (tertiary/aromatic N) is 1. The smallest absolute Gasteiger partial charge is 0.129 e. The maximum Gasteiger partial charge on any atom is 0.129 e. The van der Waals surface area contributed by atoms with Crippen molar-refractivity contribution in [3.05, 3.63) is 23.0 Å². The van der Waals surface area contributed by atoms with E-state index in [4.69, 9.17) is 22.7 Å². The fourth-order valence-electron chi connectivity index (χ4n) is 0.580. The Labute approximate surface area is 63.3 Å². The average Bonchev–Trinajstić information content (AvgIpc) is 1.94. The summed E-state index contributed by atoms with van der Waals surface area (Å²) in [5.41, 5.74) is 6.50. The lowest BCUT2D eigenvalue weighted by atomic mass is 10.2. The van der Waals surface area contributed by atoms with Gasteiger partial charge in [-0.25, -0.2) is 4.98 Å². The van der Waals surface area contributed by atoms with E-state index in [9.17, 15) is 0 Å². The van der Waals surface area contributed by atoms with Crippen LogP contribution in [0.2, 0.25) is 5.15 Å². The van der Waals surface area contributed by atoms with E-state index >= 15 is 0 Å². The Hall–Kier alpha value is -1.09. The number of hydrogen-bond donors (Lipinski definition) is 2. The quantitative estimate of drug-likeness (QED) is 0.475. The highest BCUT2D eigenvalue weighted by molar-refractivity contribution is 6.29. The van der Waals surface area contributed by atoms with Gasteiger partial charge in [-0.2, -0.15) is 0 Å². The van der Waals surface area contributed by atoms with E-state index in [0.29, 0.717) is 16.4 Å². The molecule has 0 saturated carbocycles. The van der Waals surface area contributed by atoms with Crippen molar-refractivity contribution in [2.45, 2.75) is 0 Å². The number of anilines is 1. The van der Waals surface area contributed by atoms with E-state index < -0.39 is 0 Å². The first kappa shape index (κ1) is 7.02. The Morgan fingerprint density at radius 2 is 2.40 bits per heavy atom. The predicted octanol–water partition coefficient (Wildman–Crippen LogP) is 1.31. The molecule has 0 atom stereocenters. The highest BCUT2D eigenvalue weighted by Crippen LogP contribution is 2.11. The molecule has 0 fully saturated rings. The zero-order valence-corrected chi connectivity index (χ0v) is 5.89. The topological polar surface area (TPSA) is 62.8 Å². The first-order valence-electron chi connectivity index (χ1n) is 2.65. The summed E-state index contributed by atoms with van der Waals surface area (Å²) in [6, 6.07) is 1.55. The first-order chi connectivity index (χ1) is 4.74. The third-order valence-electron chi connectivity index (χ3n) is 1.09. The molecule has 1 aromatic rings. The molecular weight excluding hydrogens is 150 g/mol. The van der Waals surface area contributed by atoms with Crippen molar-refractivity contribution in [3.63, 3.8) is 0 Å². The molecule has 0 radical (unpaired) electrons. The molecule has 0 saturated heterocycles. The molecule has 10 heavy (non-hydrogen) atoms. The first-order valence-corrected chi connectivity index (χ1v) is 3.03. The standard InChI is InChI=1S/C6H6ClN3/c7-6-1-4(2-8)5(9)3-10-6/h1-3,8H,9H2. The predicted molar refractivity (Wildman–Crippen MR) is 41.5 cm³/mol. The van der Waals surface area contributed by atoms with Crippen LogP contribution in [0.3, 0.4) is 0 Å². The Bertz CT molecular complexity index is 259. The second-order valence-electron chi connectivity index (χ2n) is 1.78. The third kappa shape index (κ3) is 1.25. The molecule has 3 N–H and O–H groups in total. The fourth-order valence-corrected chi connectivity index (χ4v) is 0.746. The van der Waals surface area contributed by atoms with Crippen LogP contribution in [0.15, 0.2) is 12.3 Å². The van der Waals surface area contributed by atoms with Gasteiger partial charge in [0.15, 0.2) is 0 Å². The lowest BCUT2D eigenvalue weighted by molar-refractivity contribution is 1.32. The molecule has 0 unspecified atom stereocenters. The van der Waals surface area contributed by atoms with Gasteiger partial charge in [0.05, 0.1) is 11.9 Å². The van der Waals surface area contributed by atoms with E-state index in [-0.39, 0.29) is 0 Å². The minimum atomic E-state index is 0.354. The van der Waals surface area contributed by atoms with Gasteiger partial charge in [-0.3, -0.25) is 0 Å². The van der Waals surface area contributed by atoms with Crippen LogP contribution in [0.1, 0.15) is 5.56 Å². The van der Waals surface area contributed by atoms with Crippen LogP contribution in [0.5, 0.6) is 0 Å². The van der Waals surface area contributed by atoms with Crippen molar-refractivity contribution in [1.82, 2.24) is 4.98 Å². The number of hydrogen-bond acceptors (Lipinski definition) is 3. The second kappa shape index (κ2) is 2.66. The van der Waals surface area contributed by atoms with Crippen LogP contribution in [-0.2, 0) is 0 Å². The van der Waals surface area contributed by atoms with Crippen LogP contribution in [0, 0.1) is 5.41 Å². The highest BCUT2D eigenvalue weighted by Gasteiger charge is 1.95. The molecule has 3 nitrogen and oxygen atoms in total. The summed E-state index contributed by atoms with van der Waals surface area (Å²) >= 11 is 5.53. The molecule has 1 rings (SSSR count). The molecule has 4 heteroatoms. The Balaban J connectivity index is 3.21. The van der Waals surface area contributed by atoms with Crippen LogP contribution in [-0.4, -0.2) is 11.2 Å². The van der Waals surface area contributed by atoms with Gasteiger partial charge in [0, 0.05) is 11.8 Å². The summed E-state index contributed by atoms with van der Waals surface area (Å²) in [6.07, 6.45) is 2.58. The van der Waals surface area contributed by atoms with E-state index in [0.717, 1.165) is 6.21 Å². The van der Waals surface area contributed by atoms with Crippen LogP contribution in [0.25, 0.3) is 0 Å². The number of nitrogen functional groups attached to an aromatic ring is 1. The fraction of sp³-hybridized carbons (Fsp3) is 0. The molecular formula is C6H6ClN3. The summed E-state index contributed by atoms with van der Waals surface area (Å²) in [5.74, 6) is 0. The Morgan fingerprint density at radius 1 is 1.70 bits per heavy atom. The number of nitrogens with one attached hydrogen (secondary N) is 1. The highest BCUT2D eigenvalue weighted by atomic mass is 35.5. The van der Waals surface area contributed by atoms with Crippen LogP contribution in [0.4, 0.5) is 5.69 Å². The Kier molecular flexibility index (Phi) is 1.87. The SMILES string of the molecule is N=Cc1cc(Cl)ncc1N. The van der Waals surface area contributed by atoms with Gasteiger partial charge in [0.2, 0.25) is 0 Å². The van der Waals surface area contributed by atoms with Crippen molar-refractivity contribution in [2.75, 3.05) is 5.73 Å². The number of rotatable bonds is 1. The van der Waals surface area contributed by atoms with Gasteiger partial charge in [-0.15, -0.1) is 0 Å². The van der Waals surface area contributed by atoms with E-state index in [1.165, 1.54) is 6.20 Å². The van der Waals surface area contributed by atoms with Crippen molar-refractivity contribution in [3.8, 4) is 0 Å². The minimum Gasteiger partial charge on any atom is -0.397 e. The van der Waals surface area contributed by atoms with E-state index in [2.05, 4.69) is 4.98 Å². The molecule has 0 spiro atoms. The normalized spacial score (nSPS) is 9.30. The molecule has 0 aliphatic carbocycles. The van der Waals surface area contributed by atoms with Crippen molar-refractivity contribution in [1.29, 1.82) is 5.41 Å². The third-order valence-corrected chi connectivity index (χ3v) is 1.30. The average molecular weight is 156 g/mol. The number of nitrogens with two attached hydrogens (primary N) is 1. The molecule has 0 aliphatic rings. The van der Waals surface area contributed by atoms with Gasteiger partial charge in [-0.1, -0.05) is 11.6 Å². The number of pyridine rings is 1. The lowest BCUT2D eigenvalue weighted by Crippen LogP contribution is -1.93. The molecule has 0 aliphatic heterocycles. The van der Waals surface area contributed by atoms with Crippen LogP contribution >= 0.6 is 11.6 Å². The maximum absolute atomic E-state index is 6.89. The molecule has 0 bridgehead atoms.